The predicted molar refractivity (Wildman–Crippen MR) is 75.6 cm³/mol. The highest BCUT2D eigenvalue weighted by atomic mass is 16.6. The molecule has 2 aliphatic heterocycles. The SMILES string of the molecule is CC(C)(C)OC(=O)N1CCN(C(=O)N2CCCC2)CC1. The maximum atomic E-state index is 12.2. The third kappa shape index (κ3) is 3.77. The highest BCUT2D eigenvalue weighted by Crippen LogP contribution is 2.14. The molecule has 0 spiro atoms. The van der Waals surface area contributed by atoms with Crippen molar-refractivity contribution in [1.29, 1.82) is 0 Å². The van der Waals surface area contributed by atoms with Gasteiger partial charge >= 0.3 is 12.1 Å². The molecule has 2 fully saturated rings. The normalized spacial score (nSPS) is 20.2. The second kappa shape index (κ2) is 5.89. The van der Waals surface area contributed by atoms with Gasteiger partial charge in [-0.2, -0.15) is 0 Å². The Balaban J connectivity index is 1.80. The zero-order valence-corrected chi connectivity index (χ0v) is 12.7. The molecule has 2 saturated heterocycles. The van der Waals surface area contributed by atoms with E-state index in [1.54, 1.807) is 4.90 Å². The molecule has 114 valence electrons. The molecule has 2 aliphatic rings. The average Bonchev–Trinajstić information content (AvgIpc) is 2.90. The summed E-state index contributed by atoms with van der Waals surface area (Å²) in [6.45, 7) is 9.59. The molecular weight excluding hydrogens is 258 g/mol. The van der Waals surface area contributed by atoms with Crippen molar-refractivity contribution >= 4 is 12.1 Å². The van der Waals surface area contributed by atoms with Crippen LogP contribution in [-0.2, 0) is 4.74 Å². The van der Waals surface area contributed by atoms with Gasteiger partial charge in [0.25, 0.3) is 0 Å². The number of ether oxygens (including phenoxy) is 1. The first-order valence-corrected chi connectivity index (χ1v) is 7.38. The van der Waals surface area contributed by atoms with E-state index in [1.807, 2.05) is 30.6 Å². The number of piperazine rings is 1. The van der Waals surface area contributed by atoms with Gasteiger partial charge in [0.15, 0.2) is 0 Å². The summed E-state index contributed by atoms with van der Waals surface area (Å²) in [5.74, 6) is 0. The van der Waals surface area contributed by atoms with E-state index in [0.717, 1.165) is 25.9 Å². The summed E-state index contributed by atoms with van der Waals surface area (Å²) in [5.41, 5.74) is -0.473. The number of rotatable bonds is 0. The maximum absolute atomic E-state index is 12.2. The second-order valence-electron chi connectivity index (χ2n) is 6.43. The third-order valence-electron chi connectivity index (χ3n) is 3.58. The van der Waals surface area contributed by atoms with Crippen LogP contribution in [0.5, 0.6) is 0 Å². The largest absolute Gasteiger partial charge is 0.444 e. The summed E-state index contributed by atoms with van der Waals surface area (Å²) in [5, 5.41) is 0. The lowest BCUT2D eigenvalue weighted by molar-refractivity contribution is 0.0160. The van der Waals surface area contributed by atoms with Gasteiger partial charge in [0, 0.05) is 39.3 Å². The number of hydrogen-bond donors (Lipinski definition) is 0. The number of urea groups is 1. The topological polar surface area (TPSA) is 53.1 Å². The molecule has 6 nitrogen and oxygen atoms in total. The van der Waals surface area contributed by atoms with Gasteiger partial charge in [-0.3, -0.25) is 0 Å². The number of likely N-dealkylation sites (tertiary alicyclic amines) is 1. The quantitative estimate of drug-likeness (QED) is 0.680. The van der Waals surface area contributed by atoms with E-state index in [-0.39, 0.29) is 12.1 Å². The maximum Gasteiger partial charge on any atom is 0.410 e. The first-order chi connectivity index (χ1) is 9.37. The van der Waals surface area contributed by atoms with Gasteiger partial charge in [-0.05, 0) is 33.6 Å². The minimum Gasteiger partial charge on any atom is -0.444 e. The smallest absolute Gasteiger partial charge is 0.410 e. The molecule has 0 unspecified atom stereocenters. The van der Waals surface area contributed by atoms with E-state index in [0.29, 0.717) is 26.2 Å². The first-order valence-electron chi connectivity index (χ1n) is 7.38. The van der Waals surface area contributed by atoms with E-state index in [1.165, 1.54) is 0 Å². The van der Waals surface area contributed by atoms with Crippen molar-refractivity contribution in [3.63, 3.8) is 0 Å². The zero-order chi connectivity index (χ0) is 14.8. The highest BCUT2D eigenvalue weighted by Gasteiger charge is 2.30. The Labute approximate surface area is 120 Å². The molecule has 0 aromatic carbocycles. The number of carbonyl (C=O) groups is 2. The fourth-order valence-corrected chi connectivity index (χ4v) is 2.52. The van der Waals surface area contributed by atoms with Crippen LogP contribution in [0.15, 0.2) is 0 Å². The van der Waals surface area contributed by atoms with Crippen LogP contribution in [0.1, 0.15) is 33.6 Å². The minimum absolute atomic E-state index is 0.117. The van der Waals surface area contributed by atoms with Crippen molar-refractivity contribution in [3.05, 3.63) is 0 Å². The van der Waals surface area contributed by atoms with Gasteiger partial charge in [0.1, 0.15) is 5.60 Å². The fraction of sp³-hybridized carbons (Fsp3) is 0.857. The van der Waals surface area contributed by atoms with Gasteiger partial charge in [0.05, 0.1) is 0 Å². The van der Waals surface area contributed by atoms with Crippen molar-refractivity contribution in [2.24, 2.45) is 0 Å². The van der Waals surface area contributed by atoms with Crippen LogP contribution in [0.3, 0.4) is 0 Å². The van der Waals surface area contributed by atoms with Crippen molar-refractivity contribution < 1.29 is 14.3 Å². The van der Waals surface area contributed by atoms with Crippen LogP contribution in [0.25, 0.3) is 0 Å². The predicted octanol–water partition coefficient (Wildman–Crippen LogP) is 1.75. The summed E-state index contributed by atoms with van der Waals surface area (Å²) >= 11 is 0. The molecular formula is C14H25N3O3. The molecule has 0 bridgehead atoms. The van der Waals surface area contributed by atoms with Gasteiger partial charge in [-0.1, -0.05) is 0 Å². The molecule has 0 atom stereocenters. The van der Waals surface area contributed by atoms with Crippen molar-refractivity contribution in [2.45, 2.75) is 39.2 Å². The van der Waals surface area contributed by atoms with Crippen molar-refractivity contribution in [2.75, 3.05) is 39.3 Å². The standard InChI is InChI=1S/C14H25N3O3/c1-14(2,3)20-13(19)17-10-8-16(9-11-17)12(18)15-6-4-5-7-15/h4-11H2,1-3H3. The molecule has 20 heavy (non-hydrogen) atoms. The molecule has 6 heteroatoms. The van der Waals surface area contributed by atoms with Gasteiger partial charge < -0.3 is 19.4 Å². The van der Waals surface area contributed by atoms with Gasteiger partial charge in [-0.25, -0.2) is 9.59 Å². The van der Waals surface area contributed by atoms with Crippen LogP contribution >= 0.6 is 0 Å². The molecule has 0 saturated carbocycles. The fourth-order valence-electron chi connectivity index (χ4n) is 2.52. The van der Waals surface area contributed by atoms with E-state index in [9.17, 15) is 9.59 Å². The van der Waals surface area contributed by atoms with E-state index >= 15 is 0 Å². The lowest BCUT2D eigenvalue weighted by atomic mass is 10.2. The Hall–Kier alpha value is -1.46. The Morgan fingerprint density at radius 2 is 1.25 bits per heavy atom. The molecule has 0 N–H and O–H groups in total. The average molecular weight is 283 g/mol. The Morgan fingerprint density at radius 3 is 1.75 bits per heavy atom. The summed E-state index contributed by atoms with van der Waals surface area (Å²) in [4.78, 5) is 29.6. The van der Waals surface area contributed by atoms with Crippen molar-refractivity contribution in [3.8, 4) is 0 Å². The Bertz CT molecular complexity index is 364. The number of nitrogens with zero attached hydrogens (tertiary/aromatic N) is 3. The lowest BCUT2D eigenvalue weighted by Crippen LogP contribution is -2.54. The number of hydrogen-bond acceptors (Lipinski definition) is 3. The lowest BCUT2D eigenvalue weighted by Gasteiger charge is -2.37. The molecule has 0 aliphatic carbocycles. The first kappa shape index (κ1) is 14.9. The van der Waals surface area contributed by atoms with Crippen LogP contribution in [0.2, 0.25) is 0 Å². The van der Waals surface area contributed by atoms with Gasteiger partial charge in [0.2, 0.25) is 0 Å². The second-order valence-corrected chi connectivity index (χ2v) is 6.43. The summed E-state index contributed by atoms with van der Waals surface area (Å²) in [6.07, 6.45) is 1.92. The van der Waals surface area contributed by atoms with Crippen LogP contribution in [-0.4, -0.2) is 71.7 Å². The third-order valence-corrected chi connectivity index (χ3v) is 3.58. The molecule has 0 aromatic heterocycles. The molecule has 0 aromatic rings. The monoisotopic (exact) mass is 283 g/mol. The summed E-state index contributed by atoms with van der Waals surface area (Å²) in [7, 11) is 0. The summed E-state index contributed by atoms with van der Waals surface area (Å²) < 4.78 is 5.35. The van der Waals surface area contributed by atoms with Crippen molar-refractivity contribution in [1.82, 2.24) is 14.7 Å². The highest BCUT2D eigenvalue weighted by molar-refractivity contribution is 5.75. The Kier molecular flexibility index (Phi) is 4.40. The van der Waals surface area contributed by atoms with E-state index < -0.39 is 5.60 Å². The molecule has 3 amide bonds. The molecule has 0 radical (unpaired) electrons. The van der Waals surface area contributed by atoms with Gasteiger partial charge in [-0.15, -0.1) is 0 Å². The summed E-state index contributed by atoms with van der Waals surface area (Å²) in [6, 6.07) is 0.117. The number of amides is 3. The zero-order valence-electron chi connectivity index (χ0n) is 12.7. The van der Waals surface area contributed by atoms with E-state index in [2.05, 4.69) is 0 Å². The Morgan fingerprint density at radius 1 is 0.800 bits per heavy atom. The van der Waals surface area contributed by atoms with Crippen LogP contribution < -0.4 is 0 Å². The minimum atomic E-state index is -0.473. The van der Waals surface area contributed by atoms with Crippen LogP contribution in [0.4, 0.5) is 9.59 Å². The number of carbonyl (C=O) groups excluding carboxylic acids is 2. The molecule has 2 heterocycles. The van der Waals surface area contributed by atoms with Crippen LogP contribution in [0, 0.1) is 0 Å². The molecule has 2 rings (SSSR count). The van der Waals surface area contributed by atoms with E-state index in [4.69, 9.17) is 4.74 Å².